The maximum Gasteiger partial charge on any atom is 0.339 e. The molecule has 1 fully saturated rings. The molecular formula is C15H19ClN2O5. The summed E-state index contributed by atoms with van der Waals surface area (Å²) in [4.78, 5) is 23.4. The topological polar surface area (TPSA) is 85.9 Å². The van der Waals surface area contributed by atoms with Gasteiger partial charge >= 0.3 is 12.0 Å². The summed E-state index contributed by atoms with van der Waals surface area (Å²) >= 11 is 5.99. The number of rotatable bonds is 4. The Labute approximate surface area is 139 Å². The maximum absolute atomic E-state index is 11.9. The number of ether oxygens (including phenoxy) is 3. The fraction of sp³-hybridized carbons (Fsp3) is 0.467. The largest absolute Gasteiger partial charge is 0.465 e. The van der Waals surface area contributed by atoms with E-state index in [2.05, 4.69) is 15.4 Å². The van der Waals surface area contributed by atoms with Crippen LogP contribution in [0.3, 0.4) is 0 Å². The van der Waals surface area contributed by atoms with Crippen LogP contribution in [-0.2, 0) is 14.2 Å². The molecule has 2 N–H and O–H groups in total. The fourth-order valence-corrected chi connectivity index (χ4v) is 2.32. The molecule has 0 aromatic heterocycles. The second-order valence-corrected chi connectivity index (χ2v) is 5.59. The van der Waals surface area contributed by atoms with Gasteiger partial charge in [-0.1, -0.05) is 11.6 Å². The zero-order valence-corrected chi connectivity index (χ0v) is 13.7. The lowest BCUT2D eigenvalue weighted by Crippen LogP contribution is -2.48. The predicted octanol–water partition coefficient (Wildman–Crippen LogP) is 2.40. The summed E-state index contributed by atoms with van der Waals surface area (Å²) in [6, 6.07) is 4.10. The molecule has 8 heteroatoms. The highest BCUT2D eigenvalue weighted by Crippen LogP contribution is 2.22. The van der Waals surface area contributed by atoms with Crippen LogP contribution in [0, 0.1) is 0 Å². The summed E-state index contributed by atoms with van der Waals surface area (Å²) in [5, 5.41) is 5.50. The van der Waals surface area contributed by atoms with E-state index in [0.717, 1.165) is 6.42 Å². The van der Waals surface area contributed by atoms with Crippen LogP contribution < -0.4 is 10.6 Å². The third-order valence-electron chi connectivity index (χ3n) is 3.31. The maximum atomic E-state index is 11.9. The quantitative estimate of drug-likeness (QED) is 0.821. The van der Waals surface area contributed by atoms with Crippen molar-refractivity contribution in [2.24, 2.45) is 0 Å². The number of methoxy groups -OCH3 is 1. The molecule has 126 valence electrons. The Morgan fingerprint density at radius 1 is 1.35 bits per heavy atom. The average Bonchev–Trinajstić information content (AvgIpc) is 2.53. The van der Waals surface area contributed by atoms with Gasteiger partial charge in [-0.2, -0.15) is 0 Å². The second-order valence-electron chi connectivity index (χ2n) is 5.18. The van der Waals surface area contributed by atoms with E-state index in [1.54, 1.807) is 13.0 Å². The smallest absolute Gasteiger partial charge is 0.339 e. The third kappa shape index (κ3) is 4.82. The van der Waals surface area contributed by atoms with Gasteiger partial charge < -0.3 is 24.8 Å². The van der Waals surface area contributed by atoms with Crippen LogP contribution in [0.25, 0.3) is 0 Å². The van der Waals surface area contributed by atoms with Crippen molar-refractivity contribution in [3.63, 3.8) is 0 Å². The highest BCUT2D eigenvalue weighted by atomic mass is 35.5. The van der Waals surface area contributed by atoms with E-state index >= 15 is 0 Å². The molecule has 0 bridgehead atoms. The summed E-state index contributed by atoms with van der Waals surface area (Å²) < 4.78 is 15.6. The van der Waals surface area contributed by atoms with E-state index in [1.807, 2.05) is 0 Å². The van der Waals surface area contributed by atoms with Gasteiger partial charge in [-0.25, -0.2) is 9.59 Å². The van der Waals surface area contributed by atoms with Crippen molar-refractivity contribution < 1.29 is 23.8 Å². The van der Waals surface area contributed by atoms with Gasteiger partial charge in [-0.3, -0.25) is 0 Å². The zero-order valence-electron chi connectivity index (χ0n) is 13.0. The van der Waals surface area contributed by atoms with E-state index in [4.69, 9.17) is 21.1 Å². The summed E-state index contributed by atoms with van der Waals surface area (Å²) in [5.74, 6) is -1.35. The van der Waals surface area contributed by atoms with Crippen LogP contribution in [0.4, 0.5) is 10.5 Å². The minimum Gasteiger partial charge on any atom is -0.465 e. The first-order valence-corrected chi connectivity index (χ1v) is 7.52. The lowest BCUT2D eigenvalue weighted by atomic mass is 10.2. The van der Waals surface area contributed by atoms with E-state index in [-0.39, 0.29) is 17.1 Å². The Hall–Kier alpha value is -1.83. The van der Waals surface area contributed by atoms with Gasteiger partial charge in [0.2, 0.25) is 0 Å². The van der Waals surface area contributed by atoms with Gasteiger partial charge in [0.15, 0.2) is 5.79 Å². The number of carbonyl (C=O) groups is 2. The van der Waals surface area contributed by atoms with Gasteiger partial charge in [0, 0.05) is 5.69 Å². The lowest BCUT2D eigenvalue weighted by Gasteiger charge is -2.33. The molecule has 1 aromatic rings. The molecule has 0 saturated carbocycles. The van der Waals surface area contributed by atoms with E-state index in [1.165, 1.54) is 19.2 Å². The summed E-state index contributed by atoms with van der Waals surface area (Å²) in [7, 11) is 1.27. The Bertz CT molecular complexity index is 587. The Kier molecular flexibility index (Phi) is 5.81. The van der Waals surface area contributed by atoms with Crippen LogP contribution >= 0.6 is 11.6 Å². The number of benzene rings is 1. The molecule has 0 radical (unpaired) electrons. The Morgan fingerprint density at radius 2 is 2.04 bits per heavy atom. The molecule has 1 aliphatic heterocycles. The van der Waals surface area contributed by atoms with Crippen LogP contribution in [0.1, 0.15) is 23.7 Å². The summed E-state index contributed by atoms with van der Waals surface area (Å²) in [6.45, 7) is 3.19. The van der Waals surface area contributed by atoms with Crippen molar-refractivity contribution in [2.45, 2.75) is 19.1 Å². The number of halogens is 1. The third-order valence-corrected chi connectivity index (χ3v) is 3.62. The zero-order chi connectivity index (χ0) is 16.9. The Balaban J connectivity index is 1.90. The molecule has 1 aromatic carbocycles. The molecule has 1 heterocycles. The first kappa shape index (κ1) is 17.5. The predicted molar refractivity (Wildman–Crippen MR) is 84.7 cm³/mol. The Morgan fingerprint density at radius 3 is 2.65 bits per heavy atom. The van der Waals surface area contributed by atoms with Gasteiger partial charge in [-0.05, 0) is 31.5 Å². The summed E-state index contributed by atoms with van der Waals surface area (Å²) in [6.07, 6.45) is 0.840. The average molecular weight is 343 g/mol. The van der Waals surface area contributed by atoms with Crippen molar-refractivity contribution >= 4 is 29.3 Å². The second kappa shape index (κ2) is 7.63. The molecule has 0 atom stereocenters. The standard InChI is InChI=1S/C15H19ClN2O5/c1-15(22-6-3-7-23-15)9-17-14(20)18-10-4-5-11(12(16)8-10)13(19)21-2/h4-5,8H,3,6-7,9H2,1-2H3,(H2,17,18,20). The number of hydrogen-bond donors (Lipinski definition) is 2. The molecule has 7 nitrogen and oxygen atoms in total. The number of carbonyl (C=O) groups excluding carboxylic acids is 2. The highest BCUT2D eigenvalue weighted by Gasteiger charge is 2.29. The normalized spacial score (nSPS) is 16.5. The monoisotopic (exact) mass is 342 g/mol. The van der Waals surface area contributed by atoms with E-state index in [9.17, 15) is 9.59 Å². The van der Waals surface area contributed by atoms with Crippen molar-refractivity contribution in [1.82, 2.24) is 5.32 Å². The molecule has 0 aliphatic carbocycles. The minimum atomic E-state index is -0.817. The lowest BCUT2D eigenvalue weighted by molar-refractivity contribution is -0.250. The SMILES string of the molecule is COC(=O)c1ccc(NC(=O)NCC2(C)OCCCO2)cc1Cl. The molecule has 23 heavy (non-hydrogen) atoms. The number of hydrogen-bond acceptors (Lipinski definition) is 5. The van der Waals surface area contributed by atoms with Crippen LogP contribution in [0.2, 0.25) is 5.02 Å². The first-order chi connectivity index (χ1) is 10.9. The molecule has 2 rings (SSSR count). The van der Waals surface area contributed by atoms with Crippen LogP contribution in [0.5, 0.6) is 0 Å². The number of amides is 2. The molecular weight excluding hydrogens is 324 g/mol. The van der Waals surface area contributed by atoms with Crippen molar-refractivity contribution in [3.05, 3.63) is 28.8 Å². The number of nitrogens with one attached hydrogen (secondary N) is 2. The molecule has 1 aliphatic rings. The van der Waals surface area contributed by atoms with Crippen molar-refractivity contribution in [2.75, 3.05) is 32.2 Å². The van der Waals surface area contributed by atoms with Gasteiger partial charge in [-0.15, -0.1) is 0 Å². The fourth-order valence-electron chi connectivity index (χ4n) is 2.06. The van der Waals surface area contributed by atoms with Gasteiger partial charge in [0.05, 0.1) is 37.5 Å². The highest BCUT2D eigenvalue weighted by molar-refractivity contribution is 6.33. The van der Waals surface area contributed by atoms with Gasteiger partial charge in [0.1, 0.15) is 0 Å². The van der Waals surface area contributed by atoms with Crippen molar-refractivity contribution in [1.29, 1.82) is 0 Å². The summed E-state index contributed by atoms with van der Waals surface area (Å²) in [5.41, 5.74) is 0.687. The minimum absolute atomic E-state index is 0.195. The van der Waals surface area contributed by atoms with Crippen LogP contribution in [0.15, 0.2) is 18.2 Å². The molecule has 0 spiro atoms. The van der Waals surface area contributed by atoms with Crippen LogP contribution in [-0.4, -0.2) is 44.7 Å². The molecule has 0 unspecified atom stereocenters. The van der Waals surface area contributed by atoms with E-state index < -0.39 is 17.8 Å². The number of anilines is 1. The molecule has 2 amide bonds. The number of esters is 1. The van der Waals surface area contributed by atoms with Gasteiger partial charge in [0.25, 0.3) is 0 Å². The first-order valence-electron chi connectivity index (χ1n) is 7.14. The van der Waals surface area contributed by atoms with E-state index in [0.29, 0.717) is 18.9 Å². The number of urea groups is 1. The van der Waals surface area contributed by atoms with Crippen molar-refractivity contribution in [3.8, 4) is 0 Å². The molecule has 1 saturated heterocycles.